The minimum absolute atomic E-state index is 0.256. The third-order valence-corrected chi connectivity index (χ3v) is 4.25. The van der Waals surface area contributed by atoms with Crippen molar-refractivity contribution in [1.82, 2.24) is 15.6 Å². The third kappa shape index (κ3) is 5.73. The molecule has 0 aliphatic heterocycles. The number of carbonyl (C=O) groups is 1. The first-order valence-electron chi connectivity index (χ1n) is 7.89. The van der Waals surface area contributed by atoms with Crippen LogP contribution in [0.1, 0.15) is 50.6 Å². The zero-order valence-electron chi connectivity index (χ0n) is 13.1. The molecule has 1 aromatic rings. The molecular formula is C16H22F3N3O. The SMILES string of the molecule is C[C@H](NC(=O)N[C@H]1CCCC[C@H]1CC(F)(F)F)c1cccnc1. The van der Waals surface area contributed by atoms with Gasteiger partial charge in [-0.1, -0.05) is 18.9 Å². The van der Waals surface area contributed by atoms with E-state index >= 15 is 0 Å². The summed E-state index contributed by atoms with van der Waals surface area (Å²) in [5, 5.41) is 5.48. The van der Waals surface area contributed by atoms with Gasteiger partial charge in [0.05, 0.1) is 6.04 Å². The highest BCUT2D eigenvalue weighted by Gasteiger charge is 2.37. The highest BCUT2D eigenvalue weighted by molar-refractivity contribution is 5.74. The number of carbonyl (C=O) groups excluding carboxylic acids is 1. The smallest absolute Gasteiger partial charge is 0.335 e. The van der Waals surface area contributed by atoms with E-state index in [1.165, 1.54) is 0 Å². The van der Waals surface area contributed by atoms with Crippen LogP contribution in [0.25, 0.3) is 0 Å². The Balaban J connectivity index is 1.89. The summed E-state index contributed by atoms with van der Waals surface area (Å²) in [6.07, 6.45) is 0.984. The van der Waals surface area contributed by atoms with Gasteiger partial charge in [-0.3, -0.25) is 4.98 Å². The molecule has 2 rings (SSSR count). The van der Waals surface area contributed by atoms with Crippen molar-refractivity contribution in [1.29, 1.82) is 0 Å². The van der Waals surface area contributed by atoms with Crippen LogP contribution in [-0.2, 0) is 0 Å². The van der Waals surface area contributed by atoms with Crippen LogP contribution in [0.3, 0.4) is 0 Å². The van der Waals surface area contributed by atoms with E-state index in [1.807, 2.05) is 13.0 Å². The van der Waals surface area contributed by atoms with Gasteiger partial charge in [-0.2, -0.15) is 13.2 Å². The number of urea groups is 1. The topological polar surface area (TPSA) is 54.0 Å². The van der Waals surface area contributed by atoms with E-state index in [0.717, 1.165) is 18.4 Å². The Morgan fingerprint density at radius 2 is 2.13 bits per heavy atom. The molecule has 1 heterocycles. The fraction of sp³-hybridized carbons (Fsp3) is 0.625. The number of nitrogens with one attached hydrogen (secondary N) is 2. The summed E-state index contributed by atoms with van der Waals surface area (Å²) < 4.78 is 37.9. The Morgan fingerprint density at radius 1 is 1.39 bits per heavy atom. The summed E-state index contributed by atoms with van der Waals surface area (Å²) in [5.41, 5.74) is 0.845. The zero-order valence-corrected chi connectivity index (χ0v) is 13.1. The van der Waals surface area contributed by atoms with Gasteiger partial charge in [-0.05, 0) is 37.3 Å². The van der Waals surface area contributed by atoms with Gasteiger partial charge in [0.2, 0.25) is 0 Å². The summed E-state index contributed by atoms with van der Waals surface area (Å²) in [7, 11) is 0. The third-order valence-electron chi connectivity index (χ3n) is 4.25. The number of hydrogen-bond donors (Lipinski definition) is 2. The molecule has 0 unspecified atom stereocenters. The highest BCUT2D eigenvalue weighted by Crippen LogP contribution is 2.34. The van der Waals surface area contributed by atoms with Gasteiger partial charge in [-0.25, -0.2) is 4.79 Å². The molecule has 0 saturated heterocycles. The second-order valence-corrected chi connectivity index (χ2v) is 6.10. The average molecular weight is 329 g/mol. The monoisotopic (exact) mass is 329 g/mol. The summed E-state index contributed by atoms with van der Waals surface area (Å²) >= 11 is 0. The molecule has 128 valence electrons. The van der Waals surface area contributed by atoms with Crippen LogP contribution in [0.2, 0.25) is 0 Å². The predicted octanol–water partition coefficient (Wildman–Crippen LogP) is 3.95. The summed E-state index contributed by atoms with van der Waals surface area (Å²) in [4.78, 5) is 16.1. The maximum atomic E-state index is 12.6. The number of halogens is 3. The second kappa shape index (κ2) is 7.66. The maximum Gasteiger partial charge on any atom is 0.389 e. The lowest BCUT2D eigenvalue weighted by atomic mass is 9.82. The van der Waals surface area contributed by atoms with Crippen molar-refractivity contribution in [3.05, 3.63) is 30.1 Å². The Kier molecular flexibility index (Phi) is 5.85. The molecule has 0 spiro atoms. The quantitative estimate of drug-likeness (QED) is 0.879. The molecule has 3 atom stereocenters. The predicted molar refractivity (Wildman–Crippen MR) is 80.7 cm³/mol. The van der Waals surface area contributed by atoms with E-state index in [-0.39, 0.29) is 6.04 Å². The van der Waals surface area contributed by atoms with Crippen molar-refractivity contribution in [2.45, 2.75) is 57.3 Å². The Bertz CT molecular complexity index is 507. The molecule has 2 N–H and O–H groups in total. The largest absolute Gasteiger partial charge is 0.389 e. The van der Waals surface area contributed by atoms with E-state index < -0.39 is 30.6 Å². The Morgan fingerprint density at radius 3 is 2.78 bits per heavy atom. The van der Waals surface area contributed by atoms with Crippen molar-refractivity contribution in [3.63, 3.8) is 0 Å². The number of rotatable bonds is 4. The molecule has 1 saturated carbocycles. The van der Waals surface area contributed by atoms with E-state index in [4.69, 9.17) is 0 Å². The van der Waals surface area contributed by atoms with Crippen LogP contribution in [0.5, 0.6) is 0 Å². The van der Waals surface area contributed by atoms with E-state index in [1.54, 1.807) is 18.5 Å². The molecule has 7 heteroatoms. The number of pyridine rings is 1. The molecule has 2 amide bonds. The standard InChI is InChI=1S/C16H22F3N3O/c1-11(13-6-4-8-20-10-13)21-15(23)22-14-7-3-2-5-12(14)9-16(17,18)19/h4,6,8,10-12,14H,2-3,5,7,9H2,1H3,(H2,21,22,23)/t11-,12-,14-/m0/s1. The molecule has 1 fully saturated rings. The second-order valence-electron chi connectivity index (χ2n) is 6.10. The van der Waals surface area contributed by atoms with Crippen LogP contribution < -0.4 is 10.6 Å². The van der Waals surface area contributed by atoms with Gasteiger partial charge >= 0.3 is 12.2 Å². The first-order chi connectivity index (χ1) is 10.8. The van der Waals surface area contributed by atoms with Crippen molar-refractivity contribution < 1.29 is 18.0 Å². The number of nitrogens with zero attached hydrogens (tertiary/aromatic N) is 1. The number of amides is 2. The summed E-state index contributed by atoms with van der Waals surface area (Å²) in [6, 6.07) is 2.50. The first-order valence-corrected chi connectivity index (χ1v) is 7.89. The van der Waals surface area contributed by atoms with Gasteiger partial charge in [0.15, 0.2) is 0 Å². The van der Waals surface area contributed by atoms with E-state index in [2.05, 4.69) is 15.6 Å². The molecule has 0 bridgehead atoms. The van der Waals surface area contributed by atoms with E-state index in [0.29, 0.717) is 12.8 Å². The lowest BCUT2D eigenvalue weighted by Crippen LogP contribution is -2.48. The lowest BCUT2D eigenvalue weighted by Gasteiger charge is -2.33. The fourth-order valence-electron chi connectivity index (χ4n) is 3.06. The Labute approximate surface area is 133 Å². The molecule has 4 nitrogen and oxygen atoms in total. The number of aromatic nitrogens is 1. The van der Waals surface area contributed by atoms with Crippen molar-refractivity contribution >= 4 is 6.03 Å². The first kappa shape index (κ1) is 17.6. The molecule has 1 aromatic heterocycles. The van der Waals surface area contributed by atoms with Gasteiger partial charge in [0.25, 0.3) is 0 Å². The lowest BCUT2D eigenvalue weighted by molar-refractivity contribution is -0.148. The normalized spacial score (nSPS) is 23.1. The molecule has 1 aliphatic carbocycles. The van der Waals surface area contributed by atoms with Gasteiger partial charge in [-0.15, -0.1) is 0 Å². The molecule has 1 aliphatic rings. The molecule has 0 aromatic carbocycles. The Hall–Kier alpha value is -1.79. The fourth-order valence-corrected chi connectivity index (χ4v) is 3.06. The molecule has 23 heavy (non-hydrogen) atoms. The average Bonchev–Trinajstić information content (AvgIpc) is 2.48. The minimum Gasteiger partial charge on any atom is -0.335 e. The van der Waals surface area contributed by atoms with Gasteiger partial charge < -0.3 is 10.6 Å². The number of alkyl halides is 3. The number of hydrogen-bond acceptors (Lipinski definition) is 2. The summed E-state index contributed by atoms with van der Waals surface area (Å²) in [5.74, 6) is -0.539. The minimum atomic E-state index is -4.19. The molecule has 0 radical (unpaired) electrons. The van der Waals surface area contributed by atoms with Crippen LogP contribution >= 0.6 is 0 Å². The highest BCUT2D eigenvalue weighted by atomic mass is 19.4. The van der Waals surface area contributed by atoms with E-state index in [9.17, 15) is 18.0 Å². The van der Waals surface area contributed by atoms with Gasteiger partial charge in [0.1, 0.15) is 0 Å². The van der Waals surface area contributed by atoms with Crippen LogP contribution in [0.4, 0.5) is 18.0 Å². The summed E-state index contributed by atoms with van der Waals surface area (Å²) in [6.45, 7) is 1.81. The van der Waals surface area contributed by atoms with Crippen molar-refractivity contribution in [2.24, 2.45) is 5.92 Å². The van der Waals surface area contributed by atoms with Crippen molar-refractivity contribution in [2.75, 3.05) is 0 Å². The zero-order chi connectivity index (χ0) is 16.9. The van der Waals surface area contributed by atoms with Crippen LogP contribution in [0.15, 0.2) is 24.5 Å². The molecular weight excluding hydrogens is 307 g/mol. The van der Waals surface area contributed by atoms with Crippen LogP contribution in [-0.4, -0.2) is 23.2 Å². The van der Waals surface area contributed by atoms with Crippen molar-refractivity contribution in [3.8, 4) is 0 Å². The van der Waals surface area contributed by atoms with Gasteiger partial charge in [0, 0.05) is 24.9 Å². The van der Waals surface area contributed by atoms with Crippen LogP contribution in [0, 0.1) is 5.92 Å². The maximum absolute atomic E-state index is 12.6.